The number of nitrogens with zero attached hydrogens (tertiary/aromatic N) is 4. The van der Waals surface area contributed by atoms with Gasteiger partial charge in [0.05, 0.1) is 85.3 Å². The molecule has 30 nitrogen and oxygen atoms in total. The standard InChI is InChI=1S/C15H18N2O6.C14H16N2O6.C13H15BrN2O4.C11H13IN2O4.C4H6O2/c1-23-12(20)3-2-8-6-17(14(22)16-13(8)21)10-4-11(19)15(7-18)5-9(10)15;17-6-14-4-8(14)9(3-10(14)18)16-5-7(1-2-11(19)20)12(21)15-13(16)22;14-2-1-7-5-16(12(20)15-11(7)19)9-3-10(18)13(6-17)4-8(9)13;12-6-3-14(10(18)13-9(6)17)7-1-8(16)11(4-15)2-5(7)11;1-3-4(5)6-2/h2-3,6,9-11,18-19H,4-5,7H2,1H3,(H,16,21,22);1-2,5,8-10,17-18H,3-4,6H2,(H,19,20)(H,15,21,22);1-2,5,8-10,17-18H,3-4,6H2,(H,15,19,20);3,5,7-8,15-16H,1-2,4H2,(H,13,17,18);3H,1H2,2H3/b3-2+;2*2-1+;;/t9-,10+,11+,15-;8-,9+,10+,14-;8-,9+,10+,13-;5-,7+,8+,11-;/m1111./s1. The molecule has 0 unspecified atom stereocenters. The molecule has 8 saturated carbocycles. The number of methoxy groups -OCH3 is 2. The third-order valence-electron chi connectivity index (χ3n) is 19.2. The van der Waals surface area contributed by atoms with Crippen molar-refractivity contribution in [3.05, 3.63) is 158 Å². The van der Waals surface area contributed by atoms with E-state index in [9.17, 15) is 93.6 Å². The highest BCUT2D eigenvalue weighted by atomic mass is 127. The molecule has 0 bridgehead atoms. The summed E-state index contributed by atoms with van der Waals surface area (Å²) in [5.74, 6) is -2.01. The number of rotatable bonds is 14. The van der Waals surface area contributed by atoms with Gasteiger partial charge in [0, 0.05) is 88.8 Å². The molecular weight excluding hydrogens is 1360 g/mol. The number of aromatic nitrogens is 8. The van der Waals surface area contributed by atoms with Gasteiger partial charge in [-0.3, -0.25) is 57.4 Å². The summed E-state index contributed by atoms with van der Waals surface area (Å²) in [5.41, 5.74) is -5.56. The van der Waals surface area contributed by atoms with Gasteiger partial charge in [-0.1, -0.05) is 22.5 Å². The van der Waals surface area contributed by atoms with Crippen molar-refractivity contribution in [2.75, 3.05) is 40.6 Å². The smallest absolute Gasteiger partial charge is 0.330 e. The van der Waals surface area contributed by atoms with Crippen molar-refractivity contribution < 1.29 is 69.8 Å². The van der Waals surface area contributed by atoms with Crippen LogP contribution in [-0.4, -0.2) is 167 Å². The van der Waals surface area contributed by atoms with E-state index in [0.29, 0.717) is 54.1 Å². The first-order valence-electron chi connectivity index (χ1n) is 28.0. The van der Waals surface area contributed by atoms with Gasteiger partial charge in [0.25, 0.3) is 22.2 Å². The Balaban J connectivity index is 0.000000149. The van der Waals surface area contributed by atoms with Gasteiger partial charge < -0.3 is 55.4 Å². The fourth-order valence-corrected chi connectivity index (χ4v) is 14.5. The number of hydrogen-bond acceptors (Lipinski definition) is 21. The molecule has 0 amide bonds. The zero-order chi connectivity index (χ0) is 65.4. The number of aliphatic hydroxyl groups excluding tert-OH is 8. The highest BCUT2D eigenvalue weighted by Crippen LogP contribution is 2.69. The number of ether oxygens (including phenoxy) is 2. The number of aliphatic hydroxyl groups is 8. The molecule has 8 fully saturated rings. The quantitative estimate of drug-likeness (QED) is 0.0368. The largest absolute Gasteiger partial charge is 0.478 e. The lowest BCUT2D eigenvalue weighted by Gasteiger charge is -2.17. The summed E-state index contributed by atoms with van der Waals surface area (Å²) < 4.78 is 14.7. The van der Waals surface area contributed by atoms with E-state index in [4.69, 9.17) is 5.11 Å². The lowest BCUT2D eigenvalue weighted by Crippen LogP contribution is -2.34. The summed E-state index contributed by atoms with van der Waals surface area (Å²) in [7, 11) is 2.53. The van der Waals surface area contributed by atoms with Gasteiger partial charge in [0.2, 0.25) is 0 Å². The van der Waals surface area contributed by atoms with Crippen molar-refractivity contribution in [1.82, 2.24) is 38.2 Å². The minimum absolute atomic E-state index is 0.00328. The molecule has 16 atom stereocenters. The maximum Gasteiger partial charge on any atom is 0.330 e. The van der Waals surface area contributed by atoms with Crippen LogP contribution in [0.3, 0.4) is 0 Å². The number of fused-ring (bicyclic) bond motifs is 4. The van der Waals surface area contributed by atoms with Crippen LogP contribution < -0.4 is 45.0 Å². The summed E-state index contributed by atoms with van der Waals surface area (Å²) >= 11 is 4.98. The maximum atomic E-state index is 12.1. The van der Waals surface area contributed by atoms with Crippen LogP contribution in [0.1, 0.15) is 92.2 Å². The Kier molecular flexibility index (Phi) is 20.5. The van der Waals surface area contributed by atoms with E-state index in [1.54, 1.807) is 11.1 Å². The van der Waals surface area contributed by atoms with Crippen LogP contribution in [0.2, 0.25) is 0 Å². The van der Waals surface area contributed by atoms with Gasteiger partial charge in [0.1, 0.15) is 0 Å². The second-order valence-electron chi connectivity index (χ2n) is 23.5. The van der Waals surface area contributed by atoms with Crippen LogP contribution in [0, 0.1) is 48.9 Å². The first-order chi connectivity index (χ1) is 42.1. The normalized spacial score (nSPS) is 32.5. The number of halogens is 2. The number of esters is 2. The molecule has 0 aromatic carbocycles. The van der Waals surface area contributed by atoms with E-state index >= 15 is 0 Å². The first kappa shape index (κ1) is 67.9. The van der Waals surface area contributed by atoms with Crippen LogP contribution in [0.5, 0.6) is 0 Å². The SMILES string of the molecule is C=CC(=O)OC.COC(=O)/C=C/c1cn([C@H]2C[C@H](O)[C@@]3(CO)C[C@H]23)c(=O)[nH]c1=O.O=C(O)/C=C/c1cn([C@H]2C[C@H](O)[C@@]3(CO)C[C@H]23)c(=O)[nH]c1=O.O=c1[nH]c(=O)n([C@H]2C[C@H](O)[C@@]3(CO)C[C@H]23)cc1/C=C/Br.O=c1[nH]c(=O)n([C@H]2C[C@H](O)[C@@]3(CO)C[C@H]23)cc1I. The van der Waals surface area contributed by atoms with Crippen LogP contribution in [-0.2, 0) is 23.9 Å². The second-order valence-corrected chi connectivity index (χ2v) is 25.2. The van der Waals surface area contributed by atoms with Crippen molar-refractivity contribution in [3.63, 3.8) is 0 Å². The molecule has 32 heteroatoms. The van der Waals surface area contributed by atoms with Gasteiger partial charge in [0.15, 0.2) is 0 Å². The molecule has 12 rings (SSSR count). The predicted octanol–water partition coefficient (Wildman–Crippen LogP) is -2.04. The minimum atomic E-state index is -1.20. The van der Waals surface area contributed by atoms with Crippen LogP contribution in [0.15, 0.2) is 92.9 Å². The number of aliphatic carboxylic acids is 1. The summed E-state index contributed by atoms with van der Waals surface area (Å²) in [5, 5.41) is 86.6. The Bertz CT molecular complexity index is 3990. The van der Waals surface area contributed by atoms with E-state index in [2.05, 4.69) is 51.9 Å². The van der Waals surface area contributed by atoms with Gasteiger partial charge >= 0.3 is 40.7 Å². The molecule has 0 radical (unpaired) electrons. The Labute approximate surface area is 524 Å². The molecule has 4 aromatic heterocycles. The maximum absolute atomic E-state index is 12.1. The van der Waals surface area contributed by atoms with Crippen molar-refractivity contribution in [3.8, 4) is 0 Å². The molecule has 0 saturated heterocycles. The fourth-order valence-electron chi connectivity index (χ4n) is 13.7. The average Bonchev–Trinajstić information content (AvgIpc) is 1.58. The molecule has 89 heavy (non-hydrogen) atoms. The number of carboxylic acids is 1. The van der Waals surface area contributed by atoms with Crippen molar-refractivity contribution >= 4 is 74.7 Å². The van der Waals surface area contributed by atoms with Crippen molar-refractivity contribution in [2.24, 2.45) is 45.3 Å². The number of carbonyl (C=O) groups is 3. The Morgan fingerprint density at radius 2 is 0.820 bits per heavy atom. The molecule has 13 N–H and O–H groups in total. The summed E-state index contributed by atoms with van der Waals surface area (Å²) in [6.07, 6.45) is 14.4. The zero-order valence-corrected chi connectivity index (χ0v) is 51.6. The van der Waals surface area contributed by atoms with Gasteiger partial charge in [-0.15, -0.1) is 0 Å². The summed E-state index contributed by atoms with van der Waals surface area (Å²) in [6.45, 7) is 2.78. The first-order valence-corrected chi connectivity index (χ1v) is 30.0. The third kappa shape index (κ3) is 13.2. The van der Waals surface area contributed by atoms with E-state index in [-0.39, 0.29) is 91.0 Å². The lowest BCUT2D eigenvalue weighted by atomic mass is 10.0. The molecule has 8 aliphatic carbocycles. The molecule has 4 heterocycles. The number of nitrogens with one attached hydrogen (secondary N) is 4. The van der Waals surface area contributed by atoms with Crippen molar-refractivity contribution in [2.45, 2.75) is 99.9 Å². The molecule has 0 aliphatic heterocycles. The summed E-state index contributed by atoms with van der Waals surface area (Å²) in [4.78, 5) is 136. The number of carboxylic acid groups (broad SMARTS) is 1. The molecule has 4 aromatic rings. The predicted molar refractivity (Wildman–Crippen MR) is 325 cm³/mol. The molecular formula is C57H68BrIN8O22. The van der Waals surface area contributed by atoms with Crippen LogP contribution >= 0.6 is 38.5 Å². The van der Waals surface area contributed by atoms with Crippen LogP contribution in [0.25, 0.3) is 18.2 Å². The lowest BCUT2D eigenvalue weighted by molar-refractivity contribution is -0.135. The van der Waals surface area contributed by atoms with E-state index in [0.717, 1.165) is 30.7 Å². The fraction of sp³-hybridized carbons (Fsp3) is 0.526. The zero-order valence-electron chi connectivity index (χ0n) is 47.8. The van der Waals surface area contributed by atoms with Gasteiger partial charge in [-0.2, -0.15) is 0 Å². The number of aromatic amines is 4. The molecule has 0 spiro atoms. The Morgan fingerprint density at radius 1 is 0.528 bits per heavy atom. The Hall–Kier alpha value is -7.02. The number of hydrogen-bond donors (Lipinski definition) is 13. The van der Waals surface area contributed by atoms with Crippen LogP contribution in [0.4, 0.5) is 0 Å². The minimum Gasteiger partial charge on any atom is -0.478 e. The average molecular weight is 1420 g/mol. The van der Waals surface area contributed by atoms with Gasteiger partial charge in [-0.05, 0) is 121 Å². The highest BCUT2D eigenvalue weighted by Gasteiger charge is 2.70. The van der Waals surface area contributed by atoms with E-state index < -0.39 is 103 Å². The van der Waals surface area contributed by atoms with E-state index in [1.807, 2.05) is 22.6 Å². The third-order valence-corrected chi connectivity index (χ3v) is 20.3. The second kappa shape index (κ2) is 26.8. The monoisotopic (exact) mass is 1420 g/mol. The topological polar surface area (TPSA) is 471 Å². The van der Waals surface area contributed by atoms with Gasteiger partial charge in [-0.25, -0.2) is 33.6 Å². The summed E-state index contributed by atoms with van der Waals surface area (Å²) in [6, 6.07) is -0.913. The van der Waals surface area contributed by atoms with E-state index in [1.165, 1.54) is 63.4 Å². The molecule has 482 valence electrons. The van der Waals surface area contributed by atoms with Crippen molar-refractivity contribution in [1.29, 1.82) is 0 Å². The number of carbonyl (C=O) groups excluding carboxylic acids is 2. The molecule has 8 aliphatic rings. The number of H-pyrrole nitrogens is 4. The highest BCUT2D eigenvalue weighted by molar-refractivity contribution is 14.1. The Morgan fingerprint density at radius 3 is 1.07 bits per heavy atom.